The fourth-order valence-electron chi connectivity index (χ4n) is 2.60. The van der Waals surface area contributed by atoms with E-state index in [2.05, 4.69) is 15.5 Å². The number of nitrogens with one attached hydrogen (secondary N) is 1. The maximum absolute atomic E-state index is 5.72. The van der Waals surface area contributed by atoms with E-state index in [1.165, 1.54) is 0 Å². The Labute approximate surface area is 149 Å². The zero-order valence-corrected chi connectivity index (χ0v) is 14.3. The van der Waals surface area contributed by atoms with Crippen molar-refractivity contribution in [3.8, 4) is 34.5 Å². The van der Waals surface area contributed by atoms with Crippen LogP contribution in [0.5, 0.6) is 23.0 Å². The van der Waals surface area contributed by atoms with E-state index < -0.39 is 0 Å². The number of aromatic nitrogens is 2. The van der Waals surface area contributed by atoms with E-state index >= 15 is 0 Å². The number of methoxy groups -OCH3 is 2. The van der Waals surface area contributed by atoms with Gasteiger partial charge in [0.05, 0.1) is 20.8 Å². The minimum atomic E-state index is 0.247. The lowest BCUT2D eigenvalue weighted by Gasteiger charge is -2.07. The summed E-state index contributed by atoms with van der Waals surface area (Å²) < 4.78 is 26.9. The van der Waals surface area contributed by atoms with Crippen LogP contribution in [0.15, 0.2) is 40.8 Å². The van der Waals surface area contributed by atoms with Gasteiger partial charge in [0.25, 0.3) is 0 Å². The highest BCUT2D eigenvalue weighted by Gasteiger charge is 2.14. The van der Waals surface area contributed by atoms with E-state index in [0.29, 0.717) is 35.6 Å². The van der Waals surface area contributed by atoms with Gasteiger partial charge in [0, 0.05) is 17.3 Å². The van der Waals surface area contributed by atoms with Gasteiger partial charge in [-0.15, -0.1) is 10.2 Å². The van der Waals surface area contributed by atoms with E-state index in [-0.39, 0.29) is 6.79 Å². The van der Waals surface area contributed by atoms with Crippen LogP contribution in [0.3, 0.4) is 0 Å². The number of anilines is 1. The molecule has 0 amide bonds. The topological polar surface area (TPSA) is 87.9 Å². The molecule has 0 bridgehead atoms. The largest absolute Gasteiger partial charge is 0.493 e. The number of benzene rings is 2. The van der Waals surface area contributed by atoms with Gasteiger partial charge < -0.3 is 28.7 Å². The molecule has 2 heterocycles. The van der Waals surface area contributed by atoms with Crippen molar-refractivity contribution < 1.29 is 23.4 Å². The lowest BCUT2D eigenvalue weighted by molar-refractivity contribution is 0.174. The Kier molecular flexibility index (Phi) is 4.22. The van der Waals surface area contributed by atoms with Crippen LogP contribution in [0.1, 0.15) is 5.89 Å². The van der Waals surface area contributed by atoms with Gasteiger partial charge in [-0.2, -0.15) is 0 Å². The van der Waals surface area contributed by atoms with E-state index in [4.69, 9.17) is 23.4 Å². The minimum absolute atomic E-state index is 0.247. The van der Waals surface area contributed by atoms with Crippen molar-refractivity contribution in [2.24, 2.45) is 0 Å². The van der Waals surface area contributed by atoms with Crippen LogP contribution in [-0.2, 0) is 6.54 Å². The second kappa shape index (κ2) is 6.83. The summed E-state index contributed by atoms with van der Waals surface area (Å²) in [7, 11) is 3.17. The molecule has 2 aromatic carbocycles. The molecular weight excluding hydrogens is 338 g/mol. The smallest absolute Gasteiger partial charge is 0.247 e. The maximum atomic E-state index is 5.72. The Morgan fingerprint density at radius 1 is 0.962 bits per heavy atom. The summed E-state index contributed by atoms with van der Waals surface area (Å²) in [6.45, 7) is 0.636. The van der Waals surface area contributed by atoms with Gasteiger partial charge in [0.15, 0.2) is 23.0 Å². The van der Waals surface area contributed by atoms with Crippen molar-refractivity contribution in [1.29, 1.82) is 0 Å². The van der Waals surface area contributed by atoms with Crippen LogP contribution in [0.2, 0.25) is 0 Å². The van der Waals surface area contributed by atoms with Crippen molar-refractivity contribution in [3.63, 3.8) is 0 Å². The average Bonchev–Trinajstić information content (AvgIpc) is 3.34. The van der Waals surface area contributed by atoms with Gasteiger partial charge in [-0.3, -0.25) is 0 Å². The molecule has 3 aromatic rings. The molecule has 26 heavy (non-hydrogen) atoms. The predicted molar refractivity (Wildman–Crippen MR) is 92.7 cm³/mol. The van der Waals surface area contributed by atoms with Crippen molar-refractivity contribution >= 4 is 5.69 Å². The quantitative estimate of drug-likeness (QED) is 0.722. The minimum Gasteiger partial charge on any atom is -0.493 e. The Balaban J connectivity index is 1.46. The molecule has 1 N–H and O–H groups in total. The number of rotatable bonds is 6. The van der Waals surface area contributed by atoms with Crippen molar-refractivity contribution in [2.75, 3.05) is 26.3 Å². The molecule has 4 rings (SSSR count). The molecule has 8 heteroatoms. The fraction of sp³-hybridized carbons (Fsp3) is 0.222. The number of hydrogen-bond donors (Lipinski definition) is 1. The maximum Gasteiger partial charge on any atom is 0.247 e. The first-order valence-corrected chi connectivity index (χ1v) is 7.95. The van der Waals surface area contributed by atoms with Gasteiger partial charge in [-0.25, -0.2) is 0 Å². The van der Waals surface area contributed by atoms with Gasteiger partial charge in [-0.1, -0.05) is 0 Å². The summed E-state index contributed by atoms with van der Waals surface area (Å²) in [5, 5.41) is 11.4. The predicted octanol–water partition coefficient (Wildman–Crippen LogP) is 3.09. The number of ether oxygens (including phenoxy) is 4. The highest BCUT2D eigenvalue weighted by Crippen LogP contribution is 2.34. The summed E-state index contributed by atoms with van der Waals surface area (Å²) in [4.78, 5) is 0. The molecule has 0 spiro atoms. The van der Waals surface area contributed by atoms with Crippen LogP contribution in [0.25, 0.3) is 11.5 Å². The molecule has 8 nitrogen and oxygen atoms in total. The van der Waals surface area contributed by atoms with Crippen LogP contribution >= 0.6 is 0 Å². The van der Waals surface area contributed by atoms with Gasteiger partial charge >= 0.3 is 0 Å². The third-order valence-corrected chi connectivity index (χ3v) is 3.91. The average molecular weight is 355 g/mol. The second-order valence-corrected chi connectivity index (χ2v) is 5.49. The Hall–Kier alpha value is -3.42. The Morgan fingerprint density at radius 2 is 1.81 bits per heavy atom. The van der Waals surface area contributed by atoms with Crippen LogP contribution < -0.4 is 24.3 Å². The molecule has 0 aliphatic carbocycles. The second-order valence-electron chi connectivity index (χ2n) is 5.49. The molecule has 1 aliphatic rings. The highest BCUT2D eigenvalue weighted by atomic mass is 16.7. The van der Waals surface area contributed by atoms with Gasteiger partial charge in [-0.05, 0) is 30.3 Å². The lowest BCUT2D eigenvalue weighted by Crippen LogP contribution is -1.99. The first-order chi connectivity index (χ1) is 12.8. The first kappa shape index (κ1) is 16.1. The molecule has 0 atom stereocenters. The van der Waals surface area contributed by atoms with Crippen LogP contribution in [-0.4, -0.2) is 31.2 Å². The Bertz CT molecular complexity index is 925. The molecule has 0 fully saturated rings. The summed E-state index contributed by atoms with van der Waals surface area (Å²) >= 11 is 0. The first-order valence-electron chi connectivity index (χ1n) is 7.95. The number of hydrogen-bond acceptors (Lipinski definition) is 8. The molecule has 0 saturated carbocycles. The highest BCUT2D eigenvalue weighted by molar-refractivity contribution is 5.59. The monoisotopic (exact) mass is 355 g/mol. The molecule has 1 aliphatic heterocycles. The van der Waals surface area contributed by atoms with E-state index in [0.717, 1.165) is 17.0 Å². The van der Waals surface area contributed by atoms with Crippen molar-refractivity contribution in [2.45, 2.75) is 6.54 Å². The molecule has 1 aromatic heterocycles. The molecule has 0 saturated heterocycles. The van der Waals surface area contributed by atoms with Gasteiger partial charge in [0.1, 0.15) is 0 Å². The van der Waals surface area contributed by atoms with Gasteiger partial charge in [0.2, 0.25) is 18.6 Å². The zero-order valence-electron chi connectivity index (χ0n) is 14.3. The molecular formula is C18H17N3O5. The molecule has 0 radical (unpaired) electrons. The zero-order chi connectivity index (χ0) is 17.9. The molecule has 134 valence electrons. The third-order valence-electron chi connectivity index (χ3n) is 3.91. The van der Waals surface area contributed by atoms with E-state index in [9.17, 15) is 0 Å². The number of fused-ring (bicyclic) bond motifs is 1. The molecule has 0 unspecified atom stereocenters. The summed E-state index contributed by atoms with van der Waals surface area (Å²) in [5.74, 6) is 3.57. The normalized spacial score (nSPS) is 12.1. The van der Waals surface area contributed by atoms with Crippen LogP contribution in [0, 0.1) is 0 Å². The lowest BCUT2D eigenvalue weighted by atomic mass is 10.2. The van der Waals surface area contributed by atoms with Crippen LogP contribution in [0.4, 0.5) is 5.69 Å². The van der Waals surface area contributed by atoms with Crippen molar-refractivity contribution in [3.05, 3.63) is 42.3 Å². The van der Waals surface area contributed by atoms with Crippen molar-refractivity contribution in [1.82, 2.24) is 10.2 Å². The third kappa shape index (κ3) is 3.08. The summed E-state index contributed by atoms with van der Waals surface area (Å²) in [6, 6.07) is 11.1. The van der Waals surface area contributed by atoms with E-state index in [1.807, 2.05) is 24.3 Å². The fourth-order valence-corrected chi connectivity index (χ4v) is 2.60. The van der Waals surface area contributed by atoms with E-state index in [1.54, 1.807) is 26.4 Å². The standard InChI is InChI=1S/C18H17N3O5/c1-22-13-5-3-11(7-15(13)23-2)18-21-20-17(26-18)9-19-12-4-6-14-16(8-12)25-10-24-14/h3-8,19H,9-10H2,1-2H3. The summed E-state index contributed by atoms with van der Waals surface area (Å²) in [6.07, 6.45) is 0. The number of nitrogens with zero attached hydrogens (tertiary/aromatic N) is 2. The summed E-state index contributed by atoms with van der Waals surface area (Å²) in [5.41, 5.74) is 1.63. The Morgan fingerprint density at radius 3 is 2.65 bits per heavy atom. The SMILES string of the molecule is COc1ccc(-c2nnc(CNc3ccc4c(c3)OCO4)o2)cc1OC.